The lowest BCUT2D eigenvalue weighted by atomic mass is 10.1. The van der Waals surface area contributed by atoms with Crippen molar-refractivity contribution in [1.82, 2.24) is 0 Å². The van der Waals surface area contributed by atoms with Crippen molar-refractivity contribution < 1.29 is 33.8 Å². The van der Waals surface area contributed by atoms with Crippen molar-refractivity contribution in [3.8, 4) is 5.75 Å². The van der Waals surface area contributed by atoms with Crippen molar-refractivity contribution >= 4 is 11.7 Å². The first-order chi connectivity index (χ1) is 14.4. The number of rotatable bonds is 12. The van der Waals surface area contributed by atoms with Crippen LogP contribution in [0.4, 0.5) is 0 Å². The molecule has 0 aromatic heterocycles. The summed E-state index contributed by atoms with van der Waals surface area (Å²) >= 11 is 0. The predicted molar refractivity (Wildman–Crippen MR) is 111 cm³/mol. The average Bonchev–Trinajstić information content (AvgIpc) is 2.74. The normalized spacial score (nSPS) is 10.4. The fourth-order valence-corrected chi connectivity index (χ4v) is 2.29. The summed E-state index contributed by atoms with van der Waals surface area (Å²) in [6.07, 6.45) is 0.371. The molecule has 0 bridgehead atoms. The molecule has 2 aromatic carbocycles. The molecule has 0 aliphatic rings. The van der Waals surface area contributed by atoms with Crippen molar-refractivity contribution in [2.45, 2.75) is 20.3 Å². The smallest absolute Gasteiger partial charge is 0.343 e. The highest BCUT2D eigenvalue weighted by atomic mass is 17.5. The standard InChI is InChI=1S/C23H26O7/c1-16-6-11-22(14-17(16)2)28-23(24)21-9-7-20(8-10-21)19(4)26-13-12-18(3)29-30-27-15-25-5/h6-11,14H,3-4,12-13,15H2,1-2,5H3. The average molecular weight is 414 g/mol. The maximum absolute atomic E-state index is 12.3. The van der Waals surface area contributed by atoms with Crippen molar-refractivity contribution in [3.63, 3.8) is 0 Å². The number of benzene rings is 2. The van der Waals surface area contributed by atoms with E-state index in [-0.39, 0.29) is 13.4 Å². The molecule has 0 aliphatic carbocycles. The quantitative estimate of drug-likeness (QED) is 0.0930. The second-order valence-corrected chi connectivity index (χ2v) is 6.45. The van der Waals surface area contributed by atoms with Gasteiger partial charge in [-0.1, -0.05) is 31.4 Å². The SMILES string of the molecule is C=C(CCOC(=C)c1ccc(C(=O)Oc2ccc(C)c(C)c2)cc1)OOOCOC. The molecular weight excluding hydrogens is 388 g/mol. The molecule has 0 spiro atoms. The van der Waals surface area contributed by atoms with E-state index in [4.69, 9.17) is 14.4 Å². The van der Waals surface area contributed by atoms with Gasteiger partial charge < -0.3 is 19.1 Å². The van der Waals surface area contributed by atoms with E-state index in [2.05, 4.69) is 27.8 Å². The van der Waals surface area contributed by atoms with Gasteiger partial charge >= 0.3 is 5.97 Å². The molecule has 7 nitrogen and oxygen atoms in total. The maximum atomic E-state index is 12.3. The van der Waals surface area contributed by atoms with Crippen molar-refractivity contribution in [3.05, 3.63) is 83.6 Å². The van der Waals surface area contributed by atoms with Crippen LogP contribution in [0.15, 0.2) is 61.4 Å². The number of hydrogen-bond acceptors (Lipinski definition) is 7. The summed E-state index contributed by atoms with van der Waals surface area (Å²) < 4.78 is 15.6. The zero-order valence-corrected chi connectivity index (χ0v) is 17.4. The highest BCUT2D eigenvalue weighted by Crippen LogP contribution is 2.20. The first-order valence-corrected chi connectivity index (χ1v) is 9.25. The maximum Gasteiger partial charge on any atom is 0.343 e. The second-order valence-electron chi connectivity index (χ2n) is 6.45. The lowest BCUT2D eigenvalue weighted by Crippen LogP contribution is -2.08. The van der Waals surface area contributed by atoms with Gasteiger partial charge in [0.15, 0.2) is 6.79 Å². The number of esters is 1. The molecule has 160 valence electrons. The van der Waals surface area contributed by atoms with Crippen LogP contribution in [-0.2, 0) is 24.3 Å². The topological polar surface area (TPSA) is 72.5 Å². The molecule has 0 saturated carbocycles. The number of ether oxygens (including phenoxy) is 3. The van der Waals surface area contributed by atoms with Crippen molar-refractivity contribution in [1.29, 1.82) is 0 Å². The molecule has 0 aliphatic heterocycles. The fraction of sp³-hybridized carbons (Fsp3) is 0.261. The highest BCUT2D eigenvalue weighted by molar-refractivity contribution is 5.91. The zero-order chi connectivity index (χ0) is 21.9. The van der Waals surface area contributed by atoms with Crippen LogP contribution in [0.5, 0.6) is 5.75 Å². The third kappa shape index (κ3) is 7.36. The minimum atomic E-state index is -0.430. The first kappa shape index (κ1) is 23.2. The molecule has 2 rings (SSSR count). The summed E-state index contributed by atoms with van der Waals surface area (Å²) in [4.78, 5) is 21.6. The van der Waals surface area contributed by atoms with Crippen LogP contribution in [0, 0.1) is 13.8 Å². The third-order valence-electron chi connectivity index (χ3n) is 4.15. The van der Waals surface area contributed by atoms with Crippen LogP contribution in [-0.4, -0.2) is 26.5 Å². The Balaban J connectivity index is 1.80. The summed E-state index contributed by atoms with van der Waals surface area (Å²) in [5.74, 6) is 0.858. The van der Waals surface area contributed by atoms with Gasteiger partial charge in [-0.2, -0.15) is 4.89 Å². The Bertz CT molecular complexity index is 872. The van der Waals surface area contributed by atoms with Gasteiger partial charge in [-0.05, 0) is 54.3 Å². The molecule has 0 fully saturated rings. The van der Waals surface area contributed by atoms with Crippen LogP contribution in [0.1, 0.15) is 33.5 Å². The van der Waals surface area contributed by atoms with Crippen molar-refractivity contribution in [2.24, 2.45) is 0 Å². The molecule has 0 unspecified atom stereocenters. The predicted octanol–water partition coefficient (Wildman–Crippen LogP) is 4.90. The Morgan fingerprint density at radius 3 is 2.33 bits per heavy atom. The Kier molecular flexibility index (Phi) is 9.08. The lowest BCUT2D eigenvalue weighted by molar-refractivity contribution is -0.512. The minimum absolute atomic E-state index is 0.0607. The van der Waals surface area contributed by atoms with Crippen LogP contribution in [0.25, 0.3) is 5.76 Å². The van der Waals surface area contributed by atoms with Crippen LogP contribution in [0.3, 0.4) is 0 Å². The summed E-state index contributed by atoms with van der Waals surface area (Å²) in [6, 6.07) is 12.3. The lowest BCUT2D eigenvalue weighted by Gasteiger charge is -2.11. The molecule has 0 radical (unpaired) electrons. The van der Waals surface area contributed by atoms with Gasteiger partial charge in [-0.15, -0.1) is 0 Å². The molecule has 2 aromatic rings. The Hall–Kier alpha value is -3.13. The van der Waals surface area contributed by atoms with Crippen LogP contribution >= 0.6 is 0 Å². The van der Waals surface area contributed by atoms with Gasteiger partial charge in [0.25, 0.3) is 0 Å². The van der Waals surface area contributed by atoms with E-state index in [1.807, 2.05) is 26.0 Å². The molecule has 0 N–H and O–H groups in total. The van der Waals surface area contributed by atoms with E-state index in [0.29, 0.717) is 29.3 Å². The number of hydrogen-bond donors (Lipinski definition) is 0. The number of aryl methyl sites for hydroxylation is 2. The molecule has 30 heavy (non-hydrogen) atoms. The Morgan fingerprint density at radius 2 is 1.67 bits per heavy atom. The molecule has 0 heterocycles. The van der Waals surface area contributed by atoms with Gasteiger partial charge in [-0.25, -0.2) is 4.79 Å². The van der Waals surface area contributed by atoms with Gasteiger partial charge in [-0.3, -0.25) is 0 Å². The molecule has 0 saturated heterocycles. The van der Waals surface area contributed by atoms with E-state index >= 15 is 0 Å². The fourth-order valence-electron chi connectivity index (χ4n) is 2.29. The van der Waals surface area contributed by atoms with Gasteiger partial charge in [0.1, 0.15) is 17.3 Å². The van der Waals surface area contributed by atoms with Gasteiger partial charge in [0, 0.05) is 19.1 Å². The van der Waals surface area contributed by atoms with Crippen LogP contribution < -0.4 is 4.74 Å². The summed E-state index contributed by atoms with van der Waals surface area (Å²) in [5, 5.41) is 4.42. The summed E-state index contributed by atoms with van der Waals surface area (Å²) in [5.41, 5.74) is 3.37. The number of carbonyl (C=O) groups excluding carboxylic acids is 1. The first-order valence-electron chi connectivity index (χ1n) is 9.25. The number of carbonyl (C=O) groups is 1. The Labute approximate surface area is 176 Å². The minimum Gasteiger partial charge on any atom is -0.493 e. The highest BCUT2D eigenvalue weighted by Gasteiger charge is 2.10. The summed E-state index contributed by atoms with van der Waals surface area (Å²) in [7, 11) is 1.46. The van der Waals surface area contributed by atoms with E-state index < -0.39 is 5.97 Å². The Morgan fingerprint density at radius 1 is 0.967 bits per heavy atom. The van der Waals surface area contributed by atoms with Gasteiger partial charge in [0.2, 0.25) is 0 Å². The number of methoxy groups -OCH3 is 1. The zero-order valence-electron chi connectivity index (χ0n) is 17.4. The van der Waals surface area contributed by atoms with E-state index in [0.717, 1.165) is 16.7 Å². The monoisotopic (exact) mass is 414 g/mol. The van der Waals surface area contributed by atoms with Gasteiger partial charge in [0.05, 0.1) is 12.2 Å². The van der Waals surface area contributed by atoms with E-state index in [1.54, 1.807) is 30.3 Å². The molecular formula is C23H26O7. The van der Waals surface area contributed by atoms with Crippen LogP contribution in [0.2, 0.25) is 0 Å². The van der Waals surface area contributed by atoms with E-state index in [9.17, 15) is 4.79 Å². The summed E-state index contributed by atoms with van der Waals surface area (Å²) in [6.45, 7) is 11.7. The van der Waals surface area contributed by atoms with E-state index in [1.165, 1.54) is 7.11 Å². The second kappa shape index (κ2) is 11.8. The molecule has 0 amide bonds. The third-order valence-corrected chi connectivity index (χ3v) is 4.15. The molecule has 0 atom stereocenters. The largest absolute Gasteiger partial charge is 0.493 e. The van der Waals surface area contributed by atoms with Crippen molar-refractivity contribution in [2.75, 3.05) is 20.5 Å². The molecule has 7 heteroatoms.